The van der Waals surface area contributed by atoms with Gasteiger partial charge in [-0.15, -0.1) is 0 Å². The van der Waals surface area contributed by atoms with Crippen molar-refractivity contribution in [1.29, 1.82) is 0 Å². The number of nitrogens with zero attached hydrogens (tertiary/aromatic N) is 1. The number of hydrazine groups is 1. The van der Waals surface area contributed by atoms with E-state index in [0.29, 0.717) is 13.0 Å². The Bertz CT molecular complexity index is 733. The van der Waals surface area contributed by atoms with E-state index < -0.39 is 0 Å². The highest BCUT2D eigenvalue weighted by atomic mass is 16.5. The lowest BCUT2D eigenvalue weighted by Crippen LogP contribution is -2.41. The number of rotatable bonds is 6. The van der Waals surface area contributed by atoms with E-state index in [1.54, 1.807) is 6.21 Å². The normalized spacial score (nSPS) is 19.9. The van der Waals surface area contributed by atoms with E-state index in [0.717, 1.165) is 16.9 Å². The van der Waals surface area contributed by atoms with Crippen molar-refractivity contribution in [2.24, 2.45) is 5.10 Å². The smallest absolute Gasteiger partial charge is 0.258 e. The Morgan fingerprint density at radius 1 is 1.20 bits per heavy atom. The van der Waals surface area contributed by atoms with Crippen LogP contribution in [0.3, 0.4) is 0 Å². The van der Waals surface area contributed by atoms with Crippen molar-refractivity contribution < 1.29 is 9.53 Å². The molecule has 0 aromatic heterocycles. The Balaban J connectivity index is 1.57. The molecule has 25 heavy (non-hydrogen) atoms. The minimum atomic E-state index is -0.354. The van der Waals surface area contributed by atoms with E-state index in [2.05, 4.69) is 21.4 Å². The minimum absolute atomic E-state index is 0.0107. The summed E-state index contributed by atoms with van der Waals surface area (Å²) in [6.45, 7) is 2.56. The van der Waals surface area contributed by atoms with E-state index in [1.807, 2.05) is 61.5 Å². The zero-order valence-corrected chi connectivity index (χ0v) is 14.1. The molecule has 0 radical (unpaired) electrons. The summed E-state index contributed by atoms with van der Waals surface area (Å²) in [5.41, 5.74) is 10.8. The van der Waals surface area contributed by atoms with Gasteiger partial charge >= 0.3 is 0 Å². The molecule has 1 fully saturated rings. The van der Waals surface area contributed by atoms with Crippen LogP contribution in [0.25, 0.3) is 0 Å². The van der Waals surface area contributed by atoms with Gasteiger partial charge in [0.1, 0.15) is 11.8 Å². The highest BCUT2D eigenvalue weighted by Crippen LogP contribution is 2.30. The van der Waals surface area contributed by atoms with Gasteiger partial charge in [-0.2, -0.15) is 5.10 Å². The quantitative estimate of drug-likeness (QED) is 0.557. The standard InChI is InChI=1S/C19H22N4O2/c1-2-25-18-11-7-6-10-15(18)16-12-17(22-21-16)19(24)23-20-13-14-8-4-3-5-9-14/h3-11,13,16-17,21-22H,2,12H2,1H3,(H,23,24)/b20-13+. The molecule has 0 bridgehead atoms. The fourth-order valence-electron chi connectivity index (χ4n) is 2.77. The zero-order valence-electron chi connectivity index (χ0n) is 14.1. The summed E-state index contributed by atoms with van der Waals surface area (Å²) in [6.07, 6.45) is 2.25. The molecule has 2 unspecified atom stereocenters. The Labute approximate surface area is 147 Å². The second-order valence-corrected chi connectivity index (χ2v) is 5.75. The average Bonchev–Trinajstić information content (AvgIpc) is 3.13. The van der Waals surface area contributed by atoms with E-state index in [4.69, 9.17) is 4.74 Å². The predicted octanol–water partition coefficient (Wildman–Crippen LogP) is 2.14. The molecule has 0 saturated carbocycles. The molecule has 2 aromatic rings. The molecular formula is C19H22N4O2. The molecule has 130 valence electrons. The van der Waals surface area contributed by atoms with Gasteiger partial charge in [-0.25, -0.2) is 16.3 Å². The third-order valence-electron chi connectivity index (χ3n) is 4.00. The fraction of sp³-hybridized carbons (Fsp3) is 0.263. The summed E-state index contributed by atoms with van der Waals surface area (Å²) in [4.78, 5) is 12.3. The van der Waals surface area contributed by atoms with Crippen LogP contribution in [0.5, 0.6) is 5.75 Å². The molecule has 1 heterocycles. The number of hydrazone groups is 1. The summed E-state index contributed by atoms with van der Waals surface area (Å²) < 4.78 is 5.67. The van der Waals surface area contributed by atoms with E-state index >= 15 is 0 Å². The maximum Gasteiger partial charge on any atom is 0.258 e. The lowest BCUT2D eigenvalue weighted by Gasteiger charge is -2.15. The van der Waals surface area contributed by atoms with Crippen LogP contribution < -0.4 is 21.0 Å². The van der Waals surface area contributed by atoms with Crippen molar-refractivity contribution in [3.05, 3.63) is 65.7 Å². The number of hydrogen-bond donors (Lipinski definition) is 3. The number of hydrogen-bond acceptors (Lipinski definition) is 5. The van der Waals surface area contributed by atoms with Crippen LogP contribution in [0.1, 0.15) is 30.5 Å². The molecule has 2 atom stereocenters. The molecule has 3 N–H and O–H groups in total. The van der Waals surface area contributed by atoms with Gasteiger partial charge < -0.3 is 4.74 Å². The highest BCUT2D eigenvalue weighted by molar-refractivity contribution is 5.85. The Morgan fingerprint density at radius 2 is 1.96 bits per heavy atom. The van der Waals surface area contributed by atoms with Crippen molar-refractivity contribution in [3.8, 4) is 5.75 Å². The average molecular weight is 338 g/mol. The number of amides is 1. The van der Waals surface area contributed by atoms with E-state index in [9.17, 15) is 4.79 Å². The van der Waals surface area contributed by atoms with Crippen molar-refractivity contribution in [3.63, 3.8) is 0 Å². The van der Waals surface area contributed by atoms with Crippen LogP contribution >= 0.6 is 0 Å². The lowest BCUT2D eigenvalue weighted by atomic mass is 10.0. The van der Waals surface area contributed by atoms with Crippen molar-refractivity contribution in [2.45, 2.75) is 25.4 Å². The van der Waals surface area contributed by atoms with E-state index in [-0.39, 0.29) is 18.0 Å². The molecule has 3 rings (SSSR count). The highest BCUT2D eigenvalue weighted by Gasteiger charge is 2.31. The van der Waals surface area contributed by atoms with Crippen LogP contribution in [-0.2, 0) is 4.79 Å². The largest absolute Gasteiger partial charge is 0.494 e. The monoisotopic (exact) mass is 338 g/mol. The topological polar surface area (TPSA) is 74.8 Å². The van der Waals surface area contributed by atoms with Gasteiger partial charge in [-0.05, 0) is 25.0 Å². The van der Waals surface area contributed by atoms with Crippen LogP contribution in [0.2, 0.25) is 0 Å². The van der Waals surface area contributed by atoms with E-state index in [1.165, 1.54) is 0 Å². The predicted molar refractivity (Wildman–Crippen MR) is 97.2 cm³/mol. The van der Waals surface area contributed by atoms with Gasteiger partial charge in [0.05, 0.1) is 18.9 Å². The minimum Gasteiger partial charge on any atom is -0.494 e. The molecular weight excluding hydrogens is 316 g/mol. The van der Waals surface area contributed by atoms with Crippen LogP contribution in [0.15, 0.2) is 59.7 Å². The third-order valence-corrected chi connectivity index (χ3v) is 4.00. The van der Waals surface area contributed by atoms with Crippen molar-refractivity contribution in [1.82, 2.24) is 16.3 Å². The number of benzene rings is 2. The number of carbonyl (C=O) groups is 1. The molecule has 0 aliphatic carbocycles. The first-order valence-corrected chi connectivity index (χ1v) is 8.38. The second kappa shape index (κ2) is 8.41. The maximum atomic E-state index is 12.3. The summed E-state index contributed by atoms with van der Waals surface area (Å²) >= 11 is 0. The zero-order chi connectivity index (χ0) is 17.5. The molecule has 1 aliphatic heterocycles. The van der Waals surface area contributed by atoms with Gasteiger partial charge in [-0.1, -0.05) is 48.5 Å². The van der Waals surface area contributed by atoms with Crippen LogP contribution in [0, 0.1) is 0 Å². The van der Waals surface area contributed by atoms with Gasteiger partial charge in [0.15, 0.2) is 0 Å². The first-order valence-electron chi connectivity index (χ1n) is 8.38. The molecule has 1 amide bonds. The van der Waals surface area contributed by atoms with Crippen molar-refractivity contribution in [2.75, 3.05) is 6.61 Å². The second-order valence-electron chi connectivity index (χ2n) is 5.75. The first-order chi connectivity index (χ1) is 12.3. The van der Waals surface area contributed by atoms with Gasteiger partial charge in [0.25, 0.3) is 5.91 Å². The molecule has 2 aromatic carbocycles. The Hall–Kier alpha value is -2.70. The molecule has 6 heteroatoms. The summed E-state index contributed by atoms with van der Waals surface area (Å²) in [6, 6.07) is 17.1. The van der Waals surface area contributed by atoms with Gasteiger partial charge in [0.2, 0.25) is 0 Å². The molecule has 0 spiro atoms. The van der Waals surface area contributed by atoms with Gasteiger partial charge in [0, 0.05) is 5.56 Å². The Kier molecular flexibility index (Phi) is 5.77. The molecule has 1 aliphatic rings. The van der Waals surface area contributed by atoms with Crippen LogP contribution in [-0.4, -0.2) is 24.8 Å². The molecule has 6 nitrogen and oxygen atoms in total. The van der Waals surface area contributed by atoms with Gasteiger partial charge in [-0.3, -0.25) is 4.79 Å². The number of ether oxygens (including phenoxy) is 1. The maximum absolute atomic E-state index is 12.3. The summed E-state index contributed by atoms with van der Waals surface area (Å²) in [7, 11) is 0. The number of carbonyl (C=O) groups excluding carboxylic acids is 1. The van der Waals surface area contributed by atoms with Crippen LogP contribution in [0.4, 0.5) is 0 Å². The molecule has 1 saturated heterocycles. The Morgan fingerprint density at radius 3 is 2.76 bits per heavy atom. The number of nitrogens with one attached hydrogen (secondary N) is 3. The fourth-order valence-corrected chi connectivity index (χ4v) is 2.77. The number of para-hydroxylation sites is 1. The van der Waals surface area contributed by atoms with Crippen molar-refractivity contribution >= 4 is 12.1 Å². The first kappa shape index (κ1) is 17.1. The summed E-state index contributed by atoms with van der Waals surface area (Å²) in [5.74, 6) is 0.670. The summed E-state index contributed by atoms with van der Waals surface area (Å²) in [5, 5.41) is 4.01. The SMILES string of the molecule is CCOc1ccccc1C1CC(C(=O)N/N=C/c2ccccc2)NN1. The third kappa shape index (κ3) is 4.43. The lowest BCUT2D eigenvalue weighted by molar-refractivity contribution is -0.122.